The molecule has 3 aliphatic rings. The van der Waals surface area contributed by atoms with Gasteiger partial charge in [-0.15, -0.1) is 0 Å². The molecule has 4 heteroatoms. The maximum absolute atomic E-state index is 13.4. The molecule has 3 saturated heterocycles. The molecule has 3 fully saturated rings. The van der Waals surface area contributed by atoms with E-state index in [0.717, 1.165) is 37.8 Å². The largest absolute Gasteiger partial charge is 0.338 e. The van der Waals surface area contributed by atoms with Crippen LogP contribution in [0.1, 0.15) is 62.2 Å². The molecule has 3 aliphatic heterocycles. The standard InChI is InChI=1S/C21H28N2O2/c1-21(20(25)23-17-9-5-10-18(23)12-11-17)13-6-14-22(15-21)19(24)16-7-3-2-4-8-16/h2-4,7-8,17-18H,5-6,9-15H2,1H3. The smallest absolute Gasteiger partial charge is 0.253 e. The number of nitrogens with zero attached hydrogens (tertiary/aromatic N) is 2. The van der Waals surface area contributed by atoms with Gasteiger partial charge in [-0.05, 0) is 64.0 Å². The van der Waals surface area contributed by atoms with Crippen LogP contribution in [0.25, 0.3) is 0 Å². The summed E-state index contributed by atoms with van der Waals surface area (Å²) in [7, 11) is 0. The number of carbonyl (C=O) groups excluding carboxylic acids is 2. The Labute approximate surface area is 150 Å². The summed E-state index contributed by atoms with van der Waals surface area (Å²) in [5.41, 5.74) is 0.290. The Morgan fingerprint density at radius 3 is 2.36 bits per heavy atom. The summed E-state index contributed by atoms with van der Waals surface area (Å²) in [5.74, 6) is 0.353. The van der Waals surface area contributed by atoms with Gasteiger partial charge < -0.3 is 9.80 Å². The predicted molar refractivity (Wildman–Crippen MR) is 97.2 cm³/mol. The highest BCUT2D eigenvalue weighted by atomic mass is 16.2. The number of likely N-dealkylation sites (tertiary alicyclic amines) is 1. The Bertz CT molecular complexity index is 643. The molecule has 0 aliphatic carbocycles. The van der Waals surface area contributed by atoms with Crippen LogP contribution in [0.3, 0.4) is 0 Å². The minimum absolute atomic E-state index is 0.0564. The van der Waals surface area contributed by atoms with Crippen molar-refractivity contribution in [2.45, 2.75) is 64.0 Å². The Kier molecular flexibility index (Phi) is 4.30. The second-order valence-electron chi connectivity index (χ2n) is 8.29. The lowest BCUT2D eigenvalue weighted by atomic mass is 9.79. The molecule has 0 radical (unpaired) electrons. The van der Waals surface area contributed by atoms with Gasteiger partial charge in [-0.3, -0.25) is 9.59 Å². The molecule has 1 aromatic rings. The van der Waals surface area contributed by atoms with Crippen LogP contribution in [0.4, 0.5) is 0 Å². The van der Waals surface area contributed by atoms with Crippen molar-refractivity contribution in [2.75, 3.05) is 13.1 Å². The van der Waals surface area contributed by atoms with Crippen LogP contribution in [0.2, 0.25) is 0 Å². The average molecular weight is 340 g/mol. The van der Waals surface area contributed by atoms with E-state index in [2.05, 4.69) is 11.8 Å². The first kappa shape index (κ1) is 16.6. The van der Waals surface area contributed by atoms with E-state index in [1.807, 2.05) is 35.2 Å². The van der Waals surface area contributed by atoms with Crippen LogP contribution in [0.15, 0.2) is 30.3 Å². The van der Waals surface area contributed by atoms with E-state index >= 15 is 0 Å². The number of carbonyl (C=O) groups is 2. The molecule has 2 bridgehead atoms. The fourth-order valence-corrected chi connectivity index (χ4v) is 5.11. The maximum atomic E-state index is 13.4. The zero-order valence-corrected chi connectivity index (χ0v) is 15.1. The summed E-state index contributed by atoms with van der Waals surface area (Å²) < 4.78 is 0. The van der Waals surface area contributed by atoms with Gasteiger partial charge in [0.25, 0.3) is 5.91 Å². The summed E-state index contributed by atoms with van der Waals surface area (Å²) >= 11 is 0. The number of fused-ring (bicyclic) bond motifs is 2. The van der Waals surface area contributed by atoms with Gasteiger partial charge >= 0.3 is 0 Å². The number of benzene rings is 1. The van der Waals surface area contributed by atoms with E-state index in [1.54, 1.807) is 0 Å². The van der Waals surface area contributed by atoms with Crippen LogP contribution in [0.5, 0.6) is 0 Å². The Balaban J connectivity index is 1.51. The molecule has 0 aromatic heterocycles. The molecular weight excluding hydrogens is 312 g/mol. The molecule has 3 unspecified atom stereocenters. The van der Waals surface area contributed by atoms with Crippen molar-refractivity contribution in [3.8, 4) is 0 Å². The first-order chi connectivity index (χ1) is 12.1. The fraction of sp³-hybridized carbons (Fsp3) is 0.619. The minimum atomic E-state index is -0.430. The molecule has 4 rings (SSSR count). The van der Waals surface area contributed by atoms with Crippen LogP contribution < -0.4 is 0 Å². The fourth-order valence-electron chi connectivity index (χ4n) is 5.11. The van der Waals surface area contributed by atoms with E-state index in [9.17, 15) is 9.59 Å². The van der Waals surface area contributed by atoms with E-state index in [1.165, 1.54) is 19.3 Å². The summed E-state index contributed by atoms with van der Waals surface area (Å²) in [6.45, 7) is 3.38. The van der Waals surface area contributed by atoms with Gasteiger partial charge in [0.05, 0.1) is 5.41 Å². The molecule has 2 amide bonds. The average Bonchev–Trinajstić information content (AvgIpc) is 2.89. The number of rotatable bonds is 2. The van der Waals surface area contributed by atoms with Crippen molar-refractivity contribution in [1.29, 1.82) is 0 Å². The SMILES string of the molecule is CC1(C(=O)N2C3CCCC2CC3)CCCN(C(=O)c2ccccc2)C1. The lowest BCUT2D eigenvalue weighted by Crippen LogP contribution is -2.56. The van der Waals surface area contributed by atoms with Crippen molar-refractivity contribution >= 4 is 11.8 Å². The van der Waals surface area contributed by atoms with Crippen molar-refractivity contribution in [3.05, 3.63) is 35.9 Å². The molecule has 0 saturated carbocycles. The first-order valence-corrected chi connectivity index (χ1v) is 9.76. The number of hydrogen-bond donors (Lipinski definition) is 0. The topological polar surface area (TPSA) is 40.6 Å². The summed E-state index contributed by atoms with van der Waals surface area (Å²) in [5, 5.41) is 0. The molecule has 0 N–H and O–H groups in total. The van der Waals surface area contributed by atoms with Gasteiger partial charge in [0, 0.05) is 30.7 Å². The zero-order valence-electron chi connectivity index (χ0n) is 15.1. The lowest BCUT2D eigenvalue weighted by molar-refractivity contribution is -0.148. The van der Waals surface area contributed by atoms with Crippen LogP contribution in [-0.2, 0) is 4.79 Å². The Hall–Kier alpha value is -1.84. The first-order valence-electron chi connectivity index (χ1n) is 9.76. The van der Waals surface area contributed by atoms with Gasteiger partial charge in [-0.25, -0.2) is 0 Å². The highest BCUT2D eigenvalue weighted by Crippen LogP contribution is 2.41. The Morgan fingerprint density at radius 1 is 1.00 bits per heavy atom. The van der Waals surface area contributed by atoms with Crippen molar-refractivity contribution < 1.29 is 9.59 Å². The van der Waals surface area contributed by atoms with E-state index in [-0.39, 0.29) is 5.91 Å². The molecule has 134 valence electrons. The van der Waals surface area contributed by atoms with Gasteiger partial charge in [-0.2, -0.15) is 0 Å². The second-order valence-corrected chi connectivity index (χ2v) is 8.29. The van der Waals surface area contributed by atoms with Crippen molar-refractivity contribution in [3.63, 3.8) is 0 Å². The molecular formula is C21H28N2O2. The van der Waals surface area contributed by atoms with Crippen molar-refractivity contribution in [1.82, 2.24) is 9.80 Å². The molecule has 4 nitrogen and oxygen atoms in total. The van der Waals surface area contributed by atoms with E-state index in [0.29, 0.717) is 24.5 Å². The highest BCUT2D eigenvalue weighted by Gasteiger charge is 2.48. The van der Waals surface area contributed by atoms with Gasteiger partial charge in [-0.1, -0.05) is 18.2 Å². The number of piperidine rings is 2. The lowest BCUT2D eigenvalue weighted by Gasteiger charge is -2.45. The van der Waals surface area contributed by atoms with Gasteiger partial charge in [0.1, 0.15) is 0 Å². The number of hydrogen-bond acceptors (Lipinski definition) is 2. The van der Waals surface area contributed by atoms with E-state index < -0.39 is 5.41 Å². The molecule has 1 aromatic carbocycles. The maximum Gasteiger partial charge on any atom is 0.253 e. The molecule has 25 heavy (non-hydrogen) atoms. The summed E-state index contributed by atoms with van der Waals surface area (Å²) in [6, 6.07) is 10.3. The molecule has 3 atom stereocenters. The van der Waals surface area contributed by atoms with Gasteiger partial charge in [0.2, 0.25) is 5.91 Å². The zero-order chi connectivity index (χ0) is 17.4. The Morgan fingerprint density at radius 2 is 1.68 bits per heavy atom. The van der Waals surface area contributed by atoms with Gasteiger partial charge in [0.15, 0.2) is 0 Å². The monoisotopic (exact) mass is 340 g/mol. The minimum Gasteiger partial charge on any atom is -0.338 e. The third kappa shape index (κ3) is 2.96. The number of amides is 2. The van der Waals surface area contributed by atoms with Crippen LogP contribution in [0, 0.1) is 5.41 Å². The van der Waals surface area contributed by atoms with Crippen LogP contribution >= 0.6 is 0 Å². The predicted octanol–water partition coefficient (Wildman–Crippen LogP) is 3.47. The molecule has 3 heterocycles. The molecule has 0 spiro atoms. The summed E-state index contributed by atoms with van der Waals surface area (Å²) in [4.78, 5) is 30.4. The van der Waals surface area contributed by atoms with Crippen LogP contribution in [-0.4, -0.2) is 46.8 Å². The van der Waals surface area contributed by atoms with E-state index in [4.69, 9.17) is 0 Å². The quantitative estimate of drug-likeness (QED) is 0.827. The highest BCUT2D eigenvalue weighted by molar-refractivity contribution is 5.95. The van der Waals surface area contributed by atoms with Crippen molar-refractivity contribution in [2.24, 2.45) is 5.41 Å². The second kappa shape index (κ2) is 6.47. The normalized spacial score (nSPS) is 31.9. The third-order valence-electron chi connectivity index (χ3n) is 6.45. The summed E-state index contributed by atoms with van der Waals surface area (Å²) in [6.07, 6.45) is 7.70. The third-order valence-corrected chi connectivity index (χ3v) is 6.45.